The average molecular weight is 355 g/mol. The second-order valence-corrected chi connectivity index (χ2v) is 7.20. The highest BCUT2D eigenvalue weighted by Gasteiger charge is 2.23. The van der Waals surface area contributed by atoms with Crippen LogP contribution in [0.2, 0.25) is 0 Å². The van der Waals surface area contributed by atoms with Crippen molar-refractivity contribution < 1.29 is 19.2 Å². The zero-order valence-electron chi connectivity index (χ0n) is 15.8. The lowest BCUT2D eigenvalue weighted by molar-refractivity contribution is -0.907. The number of hydrogen-bond acceptors (Lipinski definition) is 3. The van der Waals surface area contributed by atoms with Crippen LogP contribution in [-0.4, -0.2) is 25.8 Å². The van der Waals surface area contributed by atoms with E-state index < -0.39 is 0 Å². The Morgan fingerprint density at radius 2 is 1.77 bits per heavy atom. The molecule has 1 aliphatic rings. The monoisotopic (exact) mass is 355 g/mol. The first kappa shape index (κ1) is 18.3. The van der Waals surface area contributed by atoms with Gasteiger partial charge in [0.25, 0.3) is 5.91 Å². The van der Waals surface area contributed by atoms with Crippen molar-refractivity contribution in [3.63, 3.8) is 0 Å². The molecule has 0 radical (unpaired) electrons. The Morgan fingerprint density at radius 3 is 2.46 bits per heavy atom. The van der Waals surface area contributed by atoms with Gasteiger partial charge in [0.1, 0.15) is 6.54 Å². The topological polar surface area (TPSA) is 52.0 Å². The fourth-order valence-electron chi connectivity index (χ4n) is 2.94. The van der Waals surface area contributed by atoms with Gasteiger partial charge in [-0.15, -0.1) is 0 Å². The molecule has 1 aliphatic heterocycles. The summed E-state index contributed by atoms with van der Waals surface area (Å²) in [6.45, 7) is 7.35. The van der Waals surface area contributed by atoms with E-state index in [-0.39, 0.29) is 18.7 Å². The fraction of sp³-hybridized carbons (Fsp3) is 0.381. The number of anilines is 1. The molecular formula is C21H27N2O3+. The molecule has 0 saturated heterocycles. The normalized spacial score (nSPS) is 15.0. The van der Waals surface area contributed by atoms with Gasteiger partial charge in [-0.2, -0.15) is 0 Å². The molecule has 5 nitrogen and oxygen atoms in total. The Bertz CT molecular complexity index is 771. The van der Waals surface area contributed by atoms with Crippen LogP contribution in [0.15, 0.2) is 42.5 Å². The van der Waals surface area contributed by atoms with E-state index >= 15 is 0 Å². The number of hydrogen-bond donors (Lipinski definition) is 2. The molecule has 1 amide bonds. The van der Waals surface area contributed by atoms with Gasteiger partial charge in [-0.25, -0.2) is 0 Å². The molecule has 0 spiro atoms. The number of fused-ring (bicyclic) bond motifs is 1. The zero-order valence-corrected chi connectivity index (χ0v) is 15.8. The van der Waals surface area contributed by atoms with E-state index in [0.717, 1.165) is 17.1 Å². The van der Waals surface area contributed by atoms with Crippen LogP contribution in [-0.2, 0) is 11.3 Å². The van der Waals surface area contributed by atoms with Crippen molar-refractivity contribution in [2.24, 2.45) is 0 Å². The molecule has 0 saturated carbocycles. The number of likely N-dealkylation sites (N-methyl/N-ethyl adjacent to an activating group) is 1. The summed E-state index contributed by atoms with van der Waals surface area (Å²) in [5.41, 5.74) is 3.29. The number of benzene rings is 2. The van der Waals surface area contributed by atoms with Crippen molar-refractivity contribution >= 4 is 11.6 Å². The van der Waals surface area contributed by atoms with Crippen LogP contribution >= 0.6 is 0 Å². The summed E-state index contributed by atoms with van der Waals surface area (Å²) in [5.74, 6) is 1.89. The summed E-state index contributed by atoms with van der Waals surface area (Å²) in [5, 5.41) is 2.97. The molecule has 2 aromatic carbocycles. The Morgan fingerprint density at radius 1 is 1.08 bits per heavy atom. The molecule has 5 heteroatoms. The Hall–Kier alpha value is -2.53. The predicted octanol–water partition coefficient (Wildman–Crippen LogP) is 2.58. The van der Waals surface area contributed by atoms with E-state index in [1.54, 1.807) is 6.07 Å². The summed E-state index contributed by atoms with van der Waals surface area (Å²) in [6.07, 6.45) is 0. The van der Waals surface area contributed by atoms with Gasteiger partial charge in [0.2, 0.25) is 6.79 Å². The second-order valence-electron chi connectivity index (χ2n) is 7.20. The molecule has 1 heterocycles. The predicted molar refractivity (Wildman–Crippen MR) is 102 cm³/mol. The van der Waals surface area contributed by atoms with E-state index in [9.17, 15) is 4.79 Å². The van der Waals surface area contributed by atoms with Crippen LogP contribution in [0.5, 0.6) is 11.5 Å². The average Bonchev–Trinajstić information content (AvgIpc) is 3.09. The van der Waals surface area contributed by atoms with Gasteiger partial charge in [0.05, 0.1) is 7.05 Å². The lowest BCUT2D eigenvalue weighted by Gasteiger charge is -2.21. The van der Waals surface area contributed by atoms with Crippen molar-refractivity contribution in [3.8, 4) is 11.5 Å². The smallest absolute Gasteiger partial charge is 0.282 e. The van der Waals surface area contributed by atoms with Crippen LogP contribution in [0, 0.1) is 0 Å². The summed E-state index contributed by atoms with van der Waals surface area (Å²) in [7, 11) is 2.04. The highest BCUT2D eigenvalue weighted by atomic mass is 16.7. The van der Waals surface area contributed by atoms with Gasteiger partial charge in [-0.1, -0.05) is 38.1 Å². The van der Waals surface area contributed by atoms with Gasteiger partial charge < -0.3 is 19.7 Å². The van der Waals surface area contributed by atoms with Gasteiger partial charge in [-0.05, 0) is 30.5 Å². The van der Waals surface area contributed by atoms with E-state index in [1.165, 1.54) is 11.1 Å². The molecule has 2 N–H and O–H groups in total. The molecule has 26 heavy (non-hydrogen) atoms. The van der Waals surface area contributed by atoms with Crippen molar-refractivity contribution in [1.29, 1.82) is 0 Å². The number of ether oxygens (including phenoxy) is 2. The number of quaternary nitrogens is 1. The van der Waals surface area contributed by atoms with Crippen molar-refractivity contribution in [1.82, 2.24) is 0 Å². The molecule has 0 aromatic heterocycles. The van der Waals surface area contributed by atoms with Gasteiger partial charge >= 0.3 is 0 Å². The number of nitrogens with one attached hydrogen (secondary N) is 2. The van der Waals surface area contributed by atoms with Gasteiger partial charge in [-0.3, -0.25) is 4.79 Å². The Balaban J connectivity index is 1.58. The quantitative estimate of drug-likeness (QED) is 0.837. The minimum Gasteiger partial charge on any atom is -0.454 e. The number of carbonyl (C=O) groups excluding carboxylic acids is 1. The maximum atomic E-state index is 12.6. The molecule has 2 atom stereocenters. The van der Waals surface area contributed by atoms with Crippen LogP contribution in [0.1, 0.15) is 37.8 Å². The molecule has 0 bridgehead atoms. The summed E-state index contributed by atoms with van der Waals surface area (Å²) < 4.78 is 10.6. The third-order valence-corrected chi connectivity index (χ3v) is 4.90. The zero-order chi connectivity index (χ0) is 18.7. The SMILES string of the molecule is CC(C)c1ccc(C[NH+](C)[C@@H](C)C(=O)Nc2ccc3c(c2)OCO3)cc1. The summed E-state index contributed by atoms with van der Waals surface area (Å²) >= 11 is 0. The van der Waals surface area contributed by atoms with Crippen molar-refractivity contribution in [3.05, 3.63) is 53.6 Å². The molecule has 0 fully saturated rings. The molecule has 138 valence electrons. The second kappa shape index (κ2) is 7.79. The largest absolute Gasteiger partial charge is 0.454 e. The van der Waals surface area contributed by atoms with E-state index in [2.05, 4.69) is 43.4 Å². The third kappa shape index (κ3) is 4.17. The van der Waals surface area contributed by atoms with Gasteiger partial charge in [0.15, 0.2) is 17.5 Å². The van der Waals surface area contributed by atoms with E-state index in [1.807, 2.05) is 26.1 Å². The van der Waals surface area contributed by atoms with E-state index in [4.69, 9.17) is 9.47 Å². The summed E-state index contributed by atoms with van der Waals surface area (Å²) in [6, 6.07) is 13.9. The van der Waals surface area contributed by atoms with E-state index in [0.29, 0.717) is 17.4 Å². The minimum atomic E-state index is -0.176. The fourth-order valence-corrected chi connectivity index (χ4v) is 2.94. The molecular weight excluding hydrogens is 328 g/mol. The van der Waals surface area contributed by atoms with Crippen LogP contribution in [0.25, 0.3) is 0 Å². The first-order valence-corrected chi connectivity index (χ1v) is 9.05. The maximum Gasteiger partial charge on any atom is 0.282 e. The highest BCUT2D eigenvalue weighted by molar-refractivity contribution is 5.93. The number of carbonyl (C=O) groups is 1. The number of amides is 1. The lowest BCUT2D eigenvalue weighted by Crippen LogP contribution is -3.12. The maximum absolute atomic E-state index is 12.6. The molecule has 1 unspecified atom stereocenters. The Kier molecular flexibility index (Phi) is 5.47. The highest BCUT2D eigenvalue weighted by Crippen LogP contribution is 2.34. The van der Waals surface area contributed by atoms with Crippen molar-refractivity contribution in [2.45, 2.75) is 39.3 Å². The Labute approximate surface area is 154 Å². The minimum absolute atomic E-state index is 0.0137. The number of rotatable bonds is 6. The van der Waals surface area contributed by atoms with Crippen LogP contribution in [0.4, 0.5) is 5.69 Å². The molecule has 0 aliphatic carbocycles. The van der Waals surface area contributed by atoms with Crippen LogP contribution < -0.4 is 19.7 Å². The molecule has 3 rings (SSSR count). The first-order chi connectivity index (χ1) is 12.4. The molecule has 2 aromatic rings. The lowest BCUT2D eigenvalue weighted by atomic mass is 10.0. The third-order valence-electron chi connectivity index (χ3n) is 4.90. The van der Waals surface area contributed by atoms with Crippen LogP contribution in [0.3, 0.4) is 0 Å². The van der Waals surface area contributed by atoms with Gasteiger partial charge in [0, 0.05) is 17.3 Å². The first-order valence-electron chi connectivity index (χ1n) is 9.05. The van der Waals surface area contributed by atoms with Crippen molar-refractivity contribution in [2.75, 3.05) is 19.2 Å². The summed E-state index contributed by atoms with van der Waals surface area (Å²) in [4.78, 5) is 13.7. The standard InChI is InChI=1S/C21H26N2O3/c1-14(2)17-7-5-16(6-8-17)12-23(4)15(3)21(24)22-18-9-10-19-20(11-18)26-13-25-19/h5-11,14-15H,12-13H2,1-4H3,(H,22,24)/p+1/t15-/m0/s1.